The van der Waals surface area contributed by atoms with Gasteiger partial charge in [-0.15, -0.1) is 0 Å². The first-order valence-corrected chi connectivity index (χ1v) is 11.8. The van der Waals surface area contributed by atoms with Gasteiger partial charge in [-0.3, -0.25) is 4.79 Å². The van der Waals surface area contributed by atoms with E-state index in [9.17, 15) is 10.1 Å². The number of anilines is 1. The number of hydrogen-bond acceptors (Lipinski definition) is 6. The summed E-state index contributed by atoms with van der Waals surface area (Å²) in [6.45, 7) is 2.11. The molecule has 0 saturated carbocycles. The molecule has 0 aromatic heterocycles. The van der Waals surface area contributed by atoms with Crippen LogP contribution in [0.15, 0.2) is 60.7 Å². The number of halogens is 1. The van der Waals surface area contributed by atoms with Crippen molar-refractivity contribution in [2.45, 2.75) is 6.92 Å². The number of ether oxygens (including phenoxy) is 4. The van der Waals surface area contributed by atoms with Gasteiger partial charge in [-0.2, -0.15) is 5.26 Å². The Hall–Kier alpha value is -3.71. The number of allylic oxidation sites excluding steroid dienone is 1. The van der Waals surface area contributed by atoms with Crippen LogP contribution in [-0.4, -0.2) is 33.3 Å². The van der Waals surface area contributed by atoms with Gasteiger partial charge in [-0.25, -0.2) is 0 Å². The standard InChI is InChI=1S/C27H25IN2O5/c1-4-34-25-14-18(12-20(16-29)19-10-11-23(32-2)24(15-19)33-3)13-22(28)27(25)35-17-26(31)30-21-8-6-5-7-9-21/h5-15H,4,17H2,1-3H3,(H,30,31)/b20-12+. The zero-order valence-corrected chi connectivity index (χ0v) is 21.8. The van der Waals surface area contributed by atoms with Crippen LogP contribution in [-0.2, 0) is 4.79 Å². The topological polar surface area (TPSA) is 89.8 Å². The Labute approximate surface area is 218 Å². The maximum atomic E-state index is 12.3. The van der Waals surface area contributed by atoms with Crippen LogP contribution in [0.25, 0.3) is 11.6 Å². The first kappa shape index (κ1) is 25.9. The molecular weight excluding hydrogens is 559 g/mol. The van der Waals surface area contributed by atoms with Crippen molar-refractivity contribution in [3.63, 3.8) is 0 Å². The second kappa shape index (κ2) is 12.7. The number of carbonyl (C=O) groups excluding carboxylic acids is 1. The predicted octanol–water partition coefficient (Wildman–Crippen LogP) is 5.79. The fraction of sp³-hybridized carbons (Fsp3) is 0.185. The molecule has 0 saturated heterocycles. The smallest absolute Gasteiger partial charge is 0.262 e. The zero-order chi connectivity index (χ0) is 25.2. The first-order chi connectivity index (χ1) is 17.0. The third kappa shape index (κ3) is 6.90. The monoisotopic (exact) mass is 584 g/mol. The van der Waals surface area contributed by atoms with Crippen molar-refractivity contribution in [3.05, 3.63) is 75.4 Å². The van der Waals surface area contributed by atoms with Crippen LogP contribution < -0.4 is 24.3 Å². The molecule has 0 aliphatic rings. The van der Waals surface area contributed by atoms with Crippen molar-refractivity contribution in [3.8, 4) is 29.1 Å². The van der Waals surface area contributed by atoms with Gasteiger partial charge in [0.1, 0.15) is 0 Å². The van der Waals surface area contributed by atoms with Crippen LogP contribution in [0.5, 0.6) is 23.0 Å². The fourth-order valence-electron chi connectivity index (χ4n) is 3.28. The number of nitrogens with zero attached hydrogens (tertiary/aromatic N) is 1. The highest BCUT2D eigenvalue weighted by Crippen LogP contribution is 2.36. The van der Waals surface area contributed by atoms with E-state index in [0.29, 0.717) is 46.4 Å². The van der Waals surface area contributed by atoms with Gasteiger partial charge in [0.25, 0.3) is 5.91 Å². The van der Waals surface area contributed by atoms with Crippen molar-refractivity contribution in [2.24, 2.45) is 0 Å². The van der Waals surface area contributed by atoms with Crippen LogP contribution in [0.2, 0.25) is 0 Å². The summed E-state index contributed by atoms with van der Waals surface area (Å²) in [6, 6.07) is 20.4. The number of nitriles is 1. The van der Waals surface area contributed by atoms with Crippen molar-refractivity contribution in [2.75, 3.05) is 32.8 Å². The lowest BCUT2D eigenvalue weighted by Crippen LogP contribution is -2.20. The minimum absolute atomic E-state index is 0.171. The summed E-state index contributed by atoms with van der Waals surface area (Å²) in [7, 11) is 3.11. The summed E-state index contributed by atoms with van der Waals surface area (Å²) < 4.78 is 23.0. The third-order valence-corrected chi connectivity index (χ3v) is 5.66. The summed E-state index contributed by atoms with van der Waals surface area (Å²) in [6.07, 6.45) is 1.76. The summed E-state index contributed by atoms with van der Waals surface area (Å²) in [4.78, 5) is 12.3. The van der Waals surface area contributed by atoms with Crippen molar-refractivity contribution < 1.29 is 23.7 Å². The second-order valence-corrected chi connectivity index (χ2v) is 8.37. The molecular formula is C27H25IN2O5. The van der Waals surface area contributed by atoms with Gasteiger partial charge in [0, 0.05) is 5.69 Å². The van der Waals surface area contributed by atoms with E-state index in [1.54, 1.807) is 56.7 Å². The van der Waals surface area contributed by atoms with Crippen LogP contribution in [0.3, 0.4) is 0 Å². The van der Waals surface area contributed by atoms with E-state index in [-0.39, 0.29) is 12.5 Å². The number of amides is 1. The molecule has 3 aromatic carbocycles. The van der Waals surface area contributed by atoms with Crippen molar-refractivity contribution in [1.82, 2.24) is 0 Å². The molecule has 7 nitrogen and oxygen atoms in total. The molecule has 0 heterocycles. The lowest BCUT2D eigenvalue weighted by atomic mass is 10.0. The molecule has 3 aromatic rings. The van der Waals surface area contributed by atoms with Crippen molar-refractivity contribution in [1.29, 1.82) is 5.26 Å². The van der Waals surface area contributed by atoms with Crippen LogP contribution in [0.1, 0.15) is 18.1 Å². The average Bonchev–Trinajstić information content (AvgIpc) is 2.87. The second-order valence-electron chi connectivity index (χ2n) is 7.21. The van der Waals surface area contributed by atoms with Gasteiger partial charge in [-0.1, -0.05) is 18.2 Å². The first-order valence-electron chi connectivity index (χ1n) is 10.8. The number of benzene rings is 3. The van der Waals surface area contributed by atoms with Gasteiger partial charge < -0.3 is 24.3 Å². The minimum Gasteiger partial charge on any atom is -0.493 e. The van der Waals surface area contributed by atoms with Gasteiger partial charge >= 0.3 is 0 Å². The van der Waals surface area contributed by atoms with Crippen LogP contribution in [0.4, 0.5) is 5.69 Å². The lowest BCUT2D eigenvalue weighted by molar-refractivity contribution is -0.118. The molecule has 0 radical (unpaired) electrons. The molecule has 0 aliphatic heterocycles. The third-order valence-electron chi connectivity index (χ3n) is 4.86. The highest BCUT2D eigenvalue weighted by Gasteiger charge is 2.15. The highest BCUT2D eigenvalue weighted by molar-refractivity contribution is 14.1. The van der Waals surface area contributed by atoms with E-state index in [1.165, 1.54) is 0 Å². The number of carbonyl (C=O) groups is 1. The molecule has 0 fully saturated rings. The molecule has 1 amide bonds. The van der Waals surface area contributed by atoms with E-state index in [4.69, 9.17) is 18.9 Å². The van der Waals surface area contributed by atoms with Gasteiger partial charge in [0.05, 0.1) is 36.0 Å². The number of hydrogen-bond donors (Lipinski definition) is 1. The van der Waals surface area contributed by atoms with Crippen LogP contribution in [0, 0.1) is 14.9 Å². The number of para-hydroxylation sites is 1. The Morgan fingerprint density at radius 3 is 2.40 bits per heavy atom. The predicted molar refractivity (Wildman–Crippen MR) is 144 cm³/mol. The van der Waals surface area contributed by atoms with E-state index < -0.39 is 0 Å². The molecule has 0 spiro atoms. The lowest BCUT2D eigenvalue weighted by Gasteiger charge is -2.15. The molecule has 8 heteroatoms. The van der Waals surface area contributed by atoms with E-state index in [0.717, 1.165) is 9.13 Å². The Bertz CT molecular complexity index is 1250. The van der Waals surface area contributed by atoms with Gasteiger partial charge in [-0.05, 0) is 89.2 Å². The van der Waals surface area contributed by atoms with E-state index in [1.807, 2.05) is 31.2 Å². The molecule has 0 unspecified atom stereocenters. The number of nitrogens with one attached hydrogen (secondary N) is 1. The Morgan fingerprint density at radius 1 is 1.00 bits per heavy atom. The normalized spacial score (nSPS) is 10.8. The Kier molecular flexibility index (Phi) is 9.38. The molecule has 1 N–H and O–H groups in total. The summed E-state index contributed by atoms with van der Waals surface area (Å²) in [5, 5.41) is 12.6. The minimum atomic E-state index is -0.279. The summed E-state index contributed by atoms with van der Waals surface area (Å²) in [5.74, 6) is 1.80. The Morgan fingerprint density at radius 2 is 1.74 bits per heavy atom. The highest BCUT2D eigenvalue weighted by atomic mass is 127. The fourth-order valence-corrected chi connectivity index (χ4v) is 4.06. The van der Waals surface area contributed by atoms with Crippen LogP contribution >= 0.6 is 22.6 Å². The molecule has 0 bridgehead atoms. The van der Waals surface area contributed by atoms with E-state index >= 15 is 0 Å². The van der Waals surface area contributed by atoms with Gasteiger partial charge in [0.15, 0.2) is 29.6 Å². The molecule has 0 aliphatic carbocycles. The zero-order valence-electron chi connectivity index (χ0n) is 19.6. The van der Waals surface area contributed by atoms with Crippen molar-refractivity contribution >= 4 is 45.8 Å². The number of methoxy groups -OCH3 is 2. The SMILES string of the molecule is CCOc1cc(/C=C(\C#N)c2ccc(OC)c(OC)c2)cc(I)c1OCC(=O)Nc1ccccc1. The molecule has 35 heavy (non-hydrogen) atoms. The quantitative estimate of drug-likeness (QED) is 0.185. The average molecular weight is 584 g/mol. The molecule has 0 atom stereocenters. The summed E-state index contributed by atoms with van der Waals surface area (Å²) in [5.41, 5.74) is 2.59. The largest absolute Gasteiger partial charge is 0.493 e. The van der Waals surface area contributed by atoms with Gasteiger partial charge in [0.2, 0.25) is 0 Å². The summed E-state index contributed by atoms with van der Waals surface area (Å²) >= 11 is 2.13. The molecule has 180 valence electrons. The molecule has 3 rings (SSSR count). The Balaban J connectivity index is 1.85. The number of rotatable bonds is 10. The maximum Gasteiger partial charge on any atom is 0.262 e. The van der Waals surface area contributed by atoms with E-state index in [2.05, 4.69) is 34.0 Å². The maximum absolute atomic E-state index is 12.3.